The minimum atomic E-state index is -0.140. The summed E-state index contributed by atoms with van der Waals surface area (Å²) in [6, 6.07) is 0. The van der Waals surface area contributed by atoms with E-state index >= 15 is 0 Å². The van der Waals surface area contributed by atoms with Crippen molar-refractivity contribution >= 4 is 5.91 Å². The highest BCUT2D eigenvalue weighted by Gasteiger charge is 2.22. The average Bonchev–Trinajstić information content (AvgIpc) is 1.99. The second kappa shape index (κ2) is 4.63. The number of hydrogen-bond acceptors (Lipinski definition) is 1. The Balaban J connectivity index is 4.07. The normalized spacial score (nSPS) is 12.4. The van der Waals surface area contributed by atoms with Crippen LogP contribution in [0.4, 0.5) is 0 Å². The lowest BCUT2D eigenvalue weighted by molar-refractivity contribution is -0.118. The highest BCUT2D eigenvalue weighted by molar-refractivity contribution is 5.87. The molecule has 14 heavy (non-hydrogen) atoms. The lowest BCUT2D eigenvalue weighted by Gasteiger charge is -2.29. The largest absolute Gasteiger partial charge is 0.348 e. The summed E-state index contributed by atoms with van der Waals surface area (Å²) in [5, 5.41) is 2.92. The highest BCUT2D eigenvalue weighted by Crippen LogP contribution is 2.25. The molecule has 0 aromatic carbocycles. The Kier molecular flexibility index (Phi) is 4.37. The Bertz CT molecular complexity index is 211. The molecule has 0 saturated heterocycles. The third-order valence-electron chi connectivity index (χ3n) is 2.15. The zero-order valence-electron chi connectivity index (χ0n) is 10.1. The summed E-state index contributed by atoms with van der Waals surface area (Å²) in [5.41, 5.74) is 0.175. The van der Waals surface area contributed by atoms with E-state index in [4.69, 9.17) is 0 Å². The van der Waals surface area contributed by atoms with Crippen LogP contribution >= 0.6 is 0 Å². The third-order valence-corrected chi connectivity index (χ3v) is 2.15. The van der Waals surface area contributed by atoms with Gasteiger partial charge in [-0.2, -0.15) is 0 Å². The molecule has 0 aromatic rings. The summed E-state index contributed by atoms with van der Waals surface area (Å²) >= 11 is 0. The number of rotatable bonds is 4. The zero-order chi connectivity index (χ0) is 11.4. The second-order valence-electron chi connectivity index (χ2n) is 5.64. The molecule has 0 bridgehead atoms. The minimum Gasteiger partial charge on any atom is -0.348 e. The standard InChI is InChI=1S/C12H23NO/c1-7-10(14)13-12(5,6)9-8-11(2,3)4/h7H,1,8-9H2,2-6H3,(H,13,14). The number of nitrogens with one attached hydrogen (secondary N) is 1. The van der Waals surface area contributed by atoms with Gasteiger partial charge in [-0.3, -0.25) is 4.79 Å². The van der Waals surface area contributed by atoms with Gasteiger partial charge in [-0.25, -0.2) is 0 Å². The van der Waals surface area contributed by atoms with Crippen molar-refractivity contribution in [3.63, 3.8) is 0 Å². The maximum Gasteiger partial charge on any atom is 0.243 e. The number of hydrogen-bond donors (Lipinski definition) is 1. The smallest absolute Gasteiger partial charge is 0.243 e. The molecule has 0 fully saturated rings. The first-order valence-electron chi connectivity index (χ1n) is 5.11. The molecule has 0 aromatic heterocycles. The molecule has 0 spiro atoms. The van der Waals surface area contributed by atoms with Crippen molar-refractivity contribution in [3.05, 3.63) is 12.7 Å². The van der Waals surface area contributed by atoms with E-state index in [1.54, 1.807) is 0 Å². The van der Waals surface area contributed by atoms with E-state index in [-0.39, 0.29) is 11.4 Å². The number of carbonyl (C=O) groups is 1. The Labute approximate surface area is 87.8 Å². The molecule has 82 valence electrons. The molecule has 2 heteroatoms. The van der Waals surface area contributed by atoms with Crippen LogP contribution in [0.1, 0.15) is 47.5 Å². The molecule has 0 rings (SSSR count). The fraction of sp³-hybridized carbons (Fsp3) is 0.750. The molecule has 1 N–H and O–H groups in total. The van der Waals surface area contributed by atoms with Gasteiger partial charge < -0.3 is 5.32 Å². The van der Waals surface area contributed by atoms with Crippen LogP contribution in [0.25, 0.3) is 0 Å². The number of amides is 1. The molecule has 1 amide bonds. The van der Waals surface area contributed by atoms with Crippen LogP contribution in [-0.4, -0.2) is 11.4 Å². The molecule has 0 atom stereocenters. The predicted molar refractivity (Wildman–Crippen MR) is 61.1 cm³/mol. The Morgan fingerprint density at radius 1 is 1.21 bits per heavy atom. The molecule has 0 heterocycles. The average molecular weight is 197 g/mol. The topological polar surface area (TPSA) is 29.1 Å². The van der Waals surface area contributed by atoms with Gasteiger partial charge in [0.15, 0.2) is 0 Å². The Hall–Kier alpha value is -0.790. The maximum absolute atomic E-state index is 11.1. The fourth-order valence-corrected chi connectivity index (χ4v) is 1.13. The van der Waals surface area contributed by atoms with Crippen LogP contribution in [0.5, 0.6) is 0 Å². The summed E-state index contributed by atoms with van der Waals surface area (Å²) in [6.45, 7) is 14.1. The lowest BCUT2D eigenvalue weighted by Crippen LogP contribution is -2.43. The molecule has 0 unspecified atom stereocenters. The van der Waals surface area contributed by atoms with Gasteiger partial charge in [-0.15, -0.1) is 0 Å². The fourth-order valence-electron chi connectivity index (χ4n) is 1.13. The van der Waals surface area contributed by atoms with Gasteiger partial charge in [-0.05, 0) is 38.2 Å². The van der Waals surface area contributed by atoms with E-state index in [1.165, 1.54) is 6.08 Å². The predicted octanol–water partition coefficient (Wildman–Crippen LogP) is 2.89. The van der Waals surface area contributed by atoms with E-state index in [0.29, 0.717) is 5.41 Å². The molecule has 0 aliphatic heterocycles. The van der Waals surface area contributed by atoms with Gasteiger partial charge in [0.1, 0.15) is 0 Å². The van der Waals surface area contributed by atoms with Crippen molar-refractivity contribution in [3.8, 4) is 0 Å². The van der Waals surface area contributed by atoms with Crippen LogP contribution in [-0.2, 0) is 4.79 Å². The maximum atomic E-state index is 11.1. The van der Waals surface area contributed by atoms with Gasteiger partial charge in [-0.1, -0.05) is 27.4 Å². The van der Waals surface area contributed by atoms with Crippen molar-refractivity contribution in [2.75, 3.05) is 0 Å². The molecule has 0 radical (unpaired) electrons. The summed E-state index contributed by atoms with van der Waals surface area (Å²) in [6.07, 6.45) is 3.40. The van der Waals surface area contributed by atoms with Crippen LogP contribution in [0.15, 0.2) is 12.7 Å². The Morgan fingerprint density at radius 3 is 2.07 bits per heavy atom. The molecule has 2 nitrogen and oxygen atoms in total. The van der Waals surface area contributed by atoms with E-state index in [9.17, 15) is 4.79 Å². The van der Waals surface area contributed by atoms with Crippen molar-refractivity contribution < 1.29 is 4.79 Å². The summed E-state index contributed by atoms with van der Waals surface area (Å²) in [7, 11) is 0. The third kappa shape index (κ3) is 6.70. The molecular formula is C12H23NO. The second-order valence-corrected chi connectivity index (χ2v) is 5.64. The molecule has 0 aliphatic rings. The van der Waals surface area contributed by atoms with Crippen LogP contribution < -0.4 is 5.32 Å². The SMILES string of the molecule is C=CC(=O)NC(C)(C)CCC(C)(C)C. The van der Waals surface area contributed by atoms with Gasteiger partial charge in [0.05, 0.1) is 0 Å². The van der Waals surface area contributed by atoms with Crippen LogP contribution in [0, 0.1) is 5.41 Å². The van der Waals surface area contributed by atoms with Crippen molar-refractivity contribution in [1.82, 2.24) is 5.32 Å². The first-order valence-corrected chi connectivity index (χ1v) is 5.11. The van der Waals surface area contributed by atoms with Gasteiger partial charge in [0.2, 0.25) is 5.91 Å². The Morgan fingerprint density at radius 2 is 1.71 bits per heavy atom. The van der Waals surface area contributed by atoms with E-state index in [1.807, 2.05) is 13.8 Å². The van der Waals surface area contributed by atoms with Gasteiger partial charge in [0.25, 0.3) is 0 Å². The monoisotopic (exact) mass is 197 g/mol. The van der Waals surface area contributed by atoms with Gasteiger partial charge in [0, 0.05) is 5.54 Å². The zero-order valence-corrected chi connectivity index (χ0v) is 10.1. The molecular weight excluding hydrogens is 174 g/mol. The number of carbonyl (C=O) groups excluding carboxylic acids is 1. The van der Waals surface area contributed by atoms with E-state index < -0.39 is 0 Å². The quantitative estimate of drug-likeness (QED) is 0.690. The van der Waals surface area contributed by atoms with E-state index in [2.05, 4.69) is 32.7 Å². The van der Waals surface area contributed by atoms with Crippen molar-refractivity contribution in [2.24, 2.45) is 5.41 Å². The first kappa shape index (κ1) is 13.2. The summed E-state index contributed by atoms with van der Waals surface area (Å²) < 4.78 is 0. The lowest BCUT2D eigenvalue weighted by atomic mass is 9.85. The molecule has 0 aliphatic carbocycles. The summed E-state index contributed by atoms with van der Waals surface area (Å²) in [4.78, 5) is 11.1. The first-order chi connectivity index (χ1) is 6.16. The van der Waals surface area contributed by atoms with Gasteiger partial charge >= 0.3 is 0 Å². The molecule has 0 saturated carbocycles. The summed E-state index contributed by atoms with van der Waals surface area (Å²) in [5.74, 6) is -0.0936. The van der Waals surface area contributed by atoms with E-state index in [0.717, 1.165) is 12.8 Å². The van der Waals surface area contributed by atoms with Crippen LogP contribution in [0.2, 0.25) is 0 Å². The van der Waals surface area contributed by atoms with Crippen molar-refractivity contribution in [1.29, 1.82) is 0 Å². The van der Waals surface area contributed by atoms with Crippen LogP contribution in [0.3, 0.4) is 0 Å². The van der Waals surface area contributed by atoms with Crippen molar-refractivity contribution in [2.45, 2.75) is 53.0 Å². The highest BCUT2D eigenvalue weighted by atomic mass is 16.1. The minimum absolute atomic E-state index is 0.0936.